The van der Waals surface area contributed by atoms with Gasteiger partial charge in [-0.2, -0.15) is 0 Å². The van der Waals surface area contributed by atoms with Crippen molar-refractivity contribution in [3.63, 3.8) is 0 Å². The topological polar surface area (TPSA) is 99.5 Å². The van der Waals surface area contributed by atoms with Crippen molar-refractivity contribution in [1.29, 1.82) is 0 Å². The van der Waals surface area contributed by atoms with Crippen LogP contribution in [0.4, 0.5) is 0 Å². The summed E-state index contributed by atoms with van der Waals surface area (Å²) < 4.78 is 23.2. The molecule has 29 heavy (non-hydrogen) atoms. The molecule has 1 aliphatic heterocycles. The van der Waals surface area contributed by atoms with Gasteiger partial charge in [-0.1, -0.05) is 45.1 Å². The average Bonchev–Trinajstić information content (AvgIpc) is 3.05. The van der Waals surface area contributed by atoms with Gasteiger partial charge in [-0.25, -0.2) is 0 Å². The highest BCUT2D eigenvalue weighted by Gasteiger charge is 2.49. The molecule has 0 saturated carbocycles. The van der Waals surface area contributed by atoms with Gasteiger partial charge in [-0.15, -0.1) is 0 Å². The Balaban J connectivity index is 1.89. The maximum Gasteiger partial charge on any atom is 0.358 e. The Morgan fingerprint density at radius 3 is 2.45 bits per heavy atom. The summed E-state index contributed by atoms with van der Waals surface area (Å²) in [6, 6.07) is 5.74. The molecule has 1 fully saturated rings. The van der Waals surface area contributed by atoms with Crippen molar-refractivity contribution in [1.82, 2.24) is 4.90 Å². The second-order valence-electron chi connectivity index (χ2n) is 7.82. The number of benzene rings is 1. The zero-order valence-corrected chi connectivity index (χ0v) is 18.6. The van der Waals surface area contributed by atoms with Gasteiger partial charge in [-0.05, 0) is 31.0 Å². The molecule has 0 aliphatic carbocycles. The van der Waals surface area contributed by atoms with Crippen LogP contribution in [0, 0.1) is 0 Å². The zero-order valence-electron chi connectivity index (χ0n) is 17.7. The summed E-state index contributed by atoms with van der Waals surface area (Å²) in [5.41, 5.74) is 0.954. The summed E-state index contributed by atoms with van der Waals surface area (Å²) in [4.78, 5) is 20.6. The number of unbranched alkanes of at least 4 members (excludes halogenated alkanes) is 5. The van der Waals surface area contributed by atoms with E-state index in [-0.39, 0.29) is 13.0 Å². The SMILES string of the molecule is CCCCCCCCOc1ccc(CN2CCC(O)(P(=O)(O)O)C2)cc1OCC. The Labute approximate surface area is 174 Å². The monoisotopic (exact) mass is 429 g/mol. The standard InChI is InChI=1S/C21H36NO6P/c1-3-5-6-7-8-9-14-28-19-11-10-18(15-20(19)27-4-2)16-22-13-12-21(23,17-22)29(24,25)26/h10-11,15,23H,3-9,12-14,16-17H2,1-2H3,(H2,24,25,26). The van der Waals surface area contributed by atoms with Gasteiger partial charge < -0.3 is 24.4 Å². The van der Waals surface area contributed by atoms with Gasteiger partial charge in [-0.3, -0.25) is 9.46 Å². The molecule has 166 valence electrons. The lowest BCUT2D eigenvalue weighted by molar-refractivity contribution is 0.0962. The molecule has 1 atom stereocenters. The zero-order chi connectivity index (χ0) is 21.3. The fourth-order valence-corrected chi connectivity index (χ4v) is 4.36. The van der Waals surface area contributed by atoms with Crippen LogP contribution in [-0.2, 0) is 11.1 Å². The molecule has 1 aromatic carbocycles. The Kier molecular flexibility index (Phi) is 9.44. The summed E-state index contributed by atoms with van der Waals surface area (Å²) in [5, 5.41) is 8.25. The molecule has 0 amide bonds. The van der Waals surface area contributed by atoms with Gasteiger partial charge in [0.05, 0.1) is 13.2 Å². The molecule has 7 nitrogen and oxygen atoms in total. The van der Waals surface area contributed by atoms with Crippen LogP contribution in [0.15, 0.2) is 18.2 Å². The van der Waals surface area contributed by atoms with Crippen molar-refractivity contribution in [2.75, 3.05) is 26.3 Å². The van der Waals surface area contributed by atoms with Crippen molar-refractivity contribution >= 4 is 7.60 Å². The first-order chi connectivity index (χ1) is 13.8. The molecule has 1 aliphatic rings. The third kappa shape index (κ3) is 7.26. The third-order valence-corrected chi connectivity index (χ3v) is 6.77. The molecule has 0 bridgehead atoms. The lowest BCUT2D eigenvalue weighted by Gasteiger charge is -2.24. The molecule has 0 aromatic heterocycles. The fourth-order valence-electron chi connectivity index (χ4n) is 3.59. The number of nitrogens with zero attached hydrogens (tertiary/aromatic N) is 1. The molecule has 1 aromatic rings. The summed E-state index contributed by atoms with van der Waals surface area (Å²) in [6.07, 6.45) is 7.31. The average molecular weight is 429 g/mol. The third-order valence-electron chi connectivity index (χ3n) is 5.32. The van der Waals surface area contributed by atoms with E-state index in [0.717, 1.165) is 17.7 Å². The molecule has 0 spiro atoms. The maximum atomic E-state index is 11.5. The lowest BCUT2D eigenvalue weighted by Crippen LogP contribution is -2.32. The number of aliphatic hydroxyl groups is 1. The first-order valence-corrected chi connectivity index (χ1v) is 12.3. The Bertz CT molecular complexity index is 679. The smallest absolute Gasteiger partial charge is 0.358 e. The van der Waals surface area contributed by atoms with E-state index in [1.165, 1.54) is 32.1 Å². The van der Waals surface area contributed by atoms with E-state index >= 15 is 0 Å². The Hall–Kier alpha value is -1.11. The van der Waals surface area contributed by atoms with Crippen LogP contribution in [0.25, 0.3) is 0 Å². The Morgan fingerprint density at radius 1 is 1.07 bits per heavy atom. The summed E-state index contributed by atoms with van der Waals surface area (Å²) in [6.45, 7) is 6.19. The van der Waals surface area contributed by atoms with Crippen molar-refractivity contribution < 1.29 is 28.9 Å². The molecule has 1 unspecified atom stereocenters. The van der Waals surface area contributed by atoms with E-state index in [4.69, 9.17) is 9.47 Å². The number of hydrogen-bond donors (Lipinski definition) is 3. The van der Waals surface area contributed by atoms with E-state index < -0.39 is 12.9 Å². The molecular weight excluding hydrogens is 393 g/mol. The summed E-state index contributed by atoms with van der Waals surface area (Å²) in [7, 11) is -4.55. The highest BCUT2D eigenvalue weighted by atomic mass is 31.2. The van der Waals surface area contributed by atoms with Crippen LogP contribution in [-0.4, -0.2) is 51.4 Å². The normalized spacial score (nSPS) is 20.2. The highest BCUT2D eigenvalue weighted by Crippen LogP contribution is 2.53. The number of hydrogen-bond acceptors (Lipinski definition) is 5. The molecule has 3 N–H and O–H groups in total. The first kappa shape index (κ1) is 24.2. The number of ether oxygens (including phenoxy) is 2. The maximum absolute atomic E-state index is 11.5. The van der Waals surface area contributed by atoms with E-state index in [2.05, 4.69) is 6.92 Å². The minimum atomic E-state index is -4.55. The first-order valence-electron chi connectivity index (χ1n) is 10.7. The molecule has 2 rings (SSSR count). The van der Waals surface area contributed by atoms with Crippen molar-refractivity contribution in [2.24, 2.45) is 0 Å². The quantitative estimate of drug-likeness (QED) is 0.323. The minimum absolute atomic E-state index is 0.0441. The van der Waals surface area contributed by atoms with Gasteiger partial charge in [0, 0.05) is 26.1 Å². The van der Waals surface area contributed by atoms with Gasteiger partial charge in [0.2, 0.25) is 0 Å². The second kappa shape index (κ2) is 11.3. The van der Waals surface area contributed by atoms with Gasteiger partial charge in [0.15, 0.2) is 16.8 Å². The second-order valence-corrected chi connectivity index (χ2v) is 9.74. The van der Waals surface area contributed by atoms with E-state index in [9.17, 15) is 19.5 Å². The summed E-state index contributed by atoms with van der Waals surface area (Å²) >= 11 is 0. The van der Waals surface area contributed by atoms with E-state index in [0.29, 0.717) is 32.1 Å². The molecule has 1 heterocycles. The van der Waals surface area contributed by atoms with Crippen LogP contribution in [0.2, 0.25) is 0 Å². The summed E-state index contributed by atoms with van der Waals surface area (Å²) in [5.74, 6) is 1.40. The number of rotatable bonds is 13. The van der Waals surface area contributed by atoms with Crippen molar-refractivity contribution in [3.05, 3.63) is 23.8 Å². The number of β-amino-alcohol motifs (C(OH)–C–C–N with tert-alkyl or cyclic N) is 1. The van der Waals surface area contributed by atoms with Crippen molar-refractivity contribution in [3.8, 4) is 11.5 Å². The molecule has 1 saturated heterocycles. The predicted molar refractivity (Wildman–Crippen MR) is 113 cm³/mol. The minimum Gasteiger partial charge on any atom is -0.490 e. The van der Waals surface area contributed by atoms with Gasteiger partial charge in [0.25, 0.3) is 0 Å². The van der Waals surface area contributed by atoms with Crippen LogP contribution in [0.5, 0.6) is 11.5 Å². The van der Waals surface area contributed by atoms with Crippen LogP contribution >= 0.6 is 7.60 Å². The predicted octanol–water partition coefficient (Wildman–Crippen LogP) is 3.90. The lowest BCUT2D eigenvalue weighted by atomic mass is 10.1. The number of likely N-dealkylation sites (tertiary alicyclic amines) is 1. The largest absolute Gasteiger partial charge is 0.490 e. The van der Waals surface area contributed by atoms with E-state index in [1.807, 2.05) is 30.0 Å². The van der Waals surface area contributed by atoms with Crippen molar-refractivity contribution in [2.45, 2.75) is 70.7 Å². The van der Waals surface area contributed by atoms with Crippen LogP contribution in [0.1, 0.15) is 64.4 Å². The molecular formula is C21H36NO6P. The fraction of sp³-hybridized carbons (Fsp3) is 0.714. The molecule has 8 heteroatoms. The highest BCUT2D eigenvalue weighted by molar-refractivity contribution is 7.53. The molecule has 0 radical (unpaired) electrons. The van der Waals surface area contributed by atoms with Crippen LogP contribution in [0.3, 0.4) is 0 Å². The van der Waals surface area contributed by atoms with Crippen LogP contribution < -0.4 is 9.47 Å². The van der Waals surface area contributed by atoms with E-state index in [1.54, 1.807) is 0 Å². The Morgan fingerprint density at radius 2 is 1.79 bits per heavy atom. The van der Waals surface area contributed by atoms with Gasteiger partial charge in [0.1, 0.15) is 0 Å². The van der Waals surface area contributed by atoms with Gasteiger partial charge >= 0.3 is 7.60 Å².